The van der Waals surface area contributed by atoms with E-state index in [-0.39, 0.29) is 12.3 Å². The third kappa shape index (κ3) is 4.68. The van der Waals surface area contributed by atoms with Crippen molar-refractivity contribution in [2.24, 2.45) is 5.73 Å². The number of rotatable bonds is 6. The number of carbonyl (C=O) groups is 2. The van der Waals surface area contributed by atoms with Gasteiger partial charge in [0.1, 0.15) is 6.04 Å². The number of nitrogens with zero attached hydrogens (tertiary/aromatic N) is 1. The summed E-state index contributed by atoms with van der Waals surface area (Å²) < 4.78 is 0. The van der Waals surface area contributed by atoms with Crippen LogP contribution in [0.3, 0.4) is 0 Å². The molecule has 0 fully saturated rings. The van der Waals surface area contributed by atoms with Gasteiger partial charge >= 0.3 is 0 Å². The lowest BCUT2D eigenvalue weighted by Gasteiger charge is -2.15. The summed E-state index contributed by atoms with van der Waals surface area (Å²) in [6, 6.07) is 17.2. The molecule has 3 N–H and O–H groups in total. The van der Waals surface area contributed by atoms with Crippen LogP contribution in [0.15, 0.2) is 54.6 Å². The van der Waals surface area contributed by atoms with Crippen molar-refractivity contribution in [2.75, 3.05) is 0 Å². The average Bonchev–Trinajstić information content (AvgIpc) is 2.58. The zero-order valence-corrected chi connectivity index (χ0v) is 12.5. The Morgan fingerprint density at radius 3 is 2.30 bits per heavy atom. The predicted molar refractivity (Wildman–Crippen MR) is 86.0 cm³/mol. The first kappa shape index (κ1) is 16.2. The number of aryl methyl sites for hydroxylation is 1. The van der Waals surface area contributed by atoms with E-state index in [0.29, 0.717) is 17.5 Å². The highest BCUT2D eigenvalue weighted by Crippen LogP contribution is 2.13. The third-order valence-electron chi connectivity index (χ3n) is 3.45. The molecule has 5 nitrogen and oxygen atoms in total. The van der Waals surface area contributed by atoms with Gasteiger partial charge in [0.05, 0.1) is 11.6 Å². The molecule has 23 heavy (non-hydrogen) atoms. The molecule has 2 amide bonds. The van der Waals surface area contributed by atoms with Crippen molar-refractivity contribution < 1.29 is 9.59 Å². The number of amides is 2. The smallest absolute Gasteiger partial charge is 0.244 e. The van der Waals surface area contributed by atoms with Crippen LogP contribution in [0, 0.1) is 11.3 Å². The van der Waals surface area contributed by atoms with Gasteiger partial charge in [-0.05, 0) is 29.7 Å². The highest BCUT2D eigenvalue weighted by Gasteiger charge is 2.19. The highest BCUT2D eigenvalue weighted by atomic mass is 16.2. The van der Waals surface area contributed by atoms with Crippen molar-refractivity contribution >= 4 is 11.8 Å². The molecule has 0 aliphatic rings. The predicted octanol–water partition coefficient (Wildman–Crippen LogP) is 1.83. The van der Waals surface area contributed by atoms with Crippen LogP contribution in [0.1, 0.15) is 29.2 Å². The van der Waals surface area contributed by atoms with Crippen LogP contribution in [0.25, 0.3) is 0 Å². The van der Waals surface area contributed by atoms with Crippen LogP contribution in [0.5, 0.6) is 0 Å². The van der Waals surface area contributed by atoms with Gasteiger partial charge in [-0.2, -0.15) is 5.26 Å². The second kappa shape index (κ2) is 7.76. The molecule has 0 aliphatic carbocycles. The number of nitrogens with one attached hydrogen (secondary N) is 1. The monoisotopic (exact) mass is 307 g/mol. The Morgan fingerprint density at radius 1 is 1.09 bits per heavy atom. The van der Waals surface area contributed by atoms with Crippen LogP contribution in [-0.2, 0) is 16.0 Å². The molecule has 0 aromatic heterocycles. The van der Waals surface area contributed by atoms with Crippen LogP contribution in [-0.4, -0.2) is 11.8 Å². The molecule has 2 aromatic carbocycles. The van der Waals surface area contributed by atoms with E-state index in [1.54, 1.807) is 36.4 Å². The number of carbonyl (C=O) groups excluding carboxylic acids is 2. The SMILES string of the molecule is N#Cc1ccc(CCC(=O)NC(C(N)=O)c2ccccc2)cc1. The van der Waals surface area contributed by atoms with E-state index in [0.717, 1.165) is 5.56 Å². The molecule has 0 aliphatic heterocycles. The largest absolute Gasteiger partial charge is 0.368 e. The molecule has 1 atom stereocenters. The van der Waals surface area contributed by atoms with E-state index >= 15 is 0 Å². The van der Waals surface area contributed by atoms with Crippen LogP contribution in [0.4, 0.5) is 0 Å². The summed E-state index contributed by atoms with van der Waals surface area (Å²) in [4.78, 5) is 23.6. The summed E-state index contributed by atoms with van der Waals surface area (Å²) >= 11 is 0. The van der Waals surface area contributed by atoms with Crippen LogP contribution >= 0.6 is 0 Å². The summed E-state index contributed by atoms with van der Waals surface area (Å²) in [6.07, 6.45) is 0.764. The second-order valence-corrected chi connectivity index (χ2v) is 5.12. The van der Waals surface area contributed by atoms with E-state index in [4.69, 9.17) is 11.0 Å². The first-order valence-electron chi connectivity index (χ1n) is 7.23. The summed E-state index contributed by atoms with van der Waals surface area (Å²) in [7, 11) is 0. The molecule has 1 unspecified atom stereocenters. The fourth-order valence-corrected chi connectivity index (χ4v) is 2.20. The van der Waals surface area contributed by atoms with Crippen molar-refractivity contribution in [1.82, 2.24) is 5.32 Å². The molecule has 2 aromatic rings. The van der Waals surface area contributed by atoms with Crippen molar-refractivity contribution in [2.45, 2.75) is 18.9 Å². The van der Waals surface area contributed by atoms with Gasteiger partial charge in [0.25, 0.3) is 0 Å². The standard InChI is InChI=1S/C18H17N3O2/c19-12-14-8-6-13(7-9-14)10-11-16(22)21-17(18(20)23)15-4-2-1-3-5-15/h1-9,17H,10-11H2,(H2,20,23)(H,21,22). The molecule has 0 radical (unpaired) electrons. The summed E-state index contributed by atoms with van der Waals surface area (Å²) in [5.41, 5.74) is 7.56. The Hall–Kier alpha value is -3.13. The quantitative estimate of drug-likeness (QED) is 0.852. The number of nitriles is 1. The fraction of sp³-hybridized carbons (Fsp3) is 0.167. The number of primary amides is 1. The first-order valence-corrected chi connectivity index (χ1v) is 7.23. The van der Waals surface area contributed by atoms with E-state index in [1.807, 2.05) is 24.3 Å². The van der Waals surface area contributed by atoms with Gasteiger partial charge in [-0.15, -0.1) is 0 Å². The maximum absolute atomic E-state index is 12.1. The maximum Gasteiger partial charge on any atom is 0.244 e. The topological polar surface area (TPSA) is 96.0 Å². The molecular weight excluding hydrogens is 290 g/mol. The average molecular weight is 307 g/mol. The summed E-state index contributed by atoms with van der Waals surface area (Å²) in [5, 5.41) is 11.4. The van der Waals surface area contributed by atoms with Gasteiger partial charge in [0, 0.05) is 6.42 Å². The molecule has 2 rings (SSSR count). The Morgan fingerprint density at radius 2 is 1.74 bits per heavy atom. The maximum atomic E-state index is 12.1. The van der Waals surface area contributed by atoms with Crippen molar-refractivity contribution in [3.63, 3.8) is 0 Å². The Kier molecular flexibility index (Phi) is 5.48. The summed E-state index contributed by atoms with van der Waals surface area (Å²) in [6.45, 7) is 0. The van der Waals surface area contributed by atoms with E-state index in [9.17, 15) is 9.59 Å². The lowest BCUT2D eigenvalue weighted by atomic mass is 10.0. The molecule has 5 heteroatoms. The lowest BCUT2D eigenvalue weighted by molar-refractivity contribution is -0.127. The number of benzene rings is 2. The van der Waals surface area contributed by atoms with Crippen molar-refractivity contribution in [3.8, 4) is 6.07 Å². The molecule has 0 spiro atoms. The van der Waals surface area contributed by atoms with Crippen LogP contribution < -0.4 is 11.1 Å². The minimum Gasteiger partial charge on any atom is -0.368 e. The molecule has 0 bridgehead atoms. The van der Waals surface area contributed by atoms with Gasteiger partial charge in [0.15, 0.2) is 0 Å². The minimum absolute atomic E-state index is 0.239. The Labute approximate surface area is 134 Å². The van der Waals surface area contributed by atoms with Gasteiger partial charge < -0.3 is 11.1 Å². The van der Waals surface area contributed by atoms with Crippen LogP contribution in [0.2, 0.25) is 0 Å². The third-order valence-corrected chi connectivity index (χ3v) is 3.45. The number of nitrogens with two attached hydrogens (primary N) is 1. The van der Waals surface area contributed by atoms with Crippen molar-refractivity contribution in [1.29, 1.82) is 5.26 Å². The number of hydrogen-bond acceptors (Lipinski definition) is 3. The van der Waals surface area contributed by atoms with E-state index in [1.165, 1.54) is 0 Å². The molecule has 116 valence electrons. The van der Waals surface area contributed by atoms with Gasteiger partial charge in [-0.3, -0.25) is 9.59 Å². The van der Waals surface area contributed by atoms with Crippen molar-refractivity contribution in [3.05, 3.63) is 71.3 Å². The first-order chi connectivity index (χ1) is 11.1. The Bertz CT molecular complexity index is 718. The molecule has 0 heterocycles. The molecule has 0 saturated heterocycles. The van der Waals surface area contributed by atoms with Gasteiger partial charge in [-0.1, -0.05) is 42.5 Å². The van der Waals surface area contributed by atoms with Gasteiger partial charge in [0.2, 0.25) is 11.8 Å². The zero-order chi connectivity index (χ0) is 16.7. The molecular formula is C18H17N3O2. The Balaban J connectivity index is 1.94. The highest BCUT2D eigenvalue weighted by molar-refractivity contribution is 5.87. The summed E-state index contributed by atoms with van der Waals surface area (Å²) in [5.74, 6) is -0.843. The lowest BCUT2D eigenvalue weighted by Crippen LogP contribution is -2.37. The van der Waals surface area contributed by atoms with E-state index < -0.39 is 11.9 Å². The number of hydrogen-bond donors (Lipinski definition) is 2. The van der Waals surface area contributed by atoms with E-state index in [2.05, 4.69) is 5.32 Å². The second-order valence-electron chi connectivity index (χ2n) is 5.12. The fourth-order valence-electron chi connectivity index (χ4n) is 2.20. The molecule has 0 saturated carbocycles. The normalized spacial score (nSPS) is 11.3. The minimum atomic E-state index is -0.829. The van der Waals surface area contributed by atoms with Gasteiger partial charge in [-0.25, -0.2) is 0 Å². The zero-order valence-electron chi connectivity index (χ0n) is 12.5.